The first-order valence-electron chi connectivity index (χ1n) is 4.84. The molecule has 1 nitrogen and oxygen atoms in total. The molecule has 3 heteroatoms. The average molecular weight is 230 g/mol. The van der Waals surface area contributed by atoms with Crippen molar-refractivity contribution in [1.82, 2.24) is 5.32 Å². The molecule has 0 aliphatic heterocycles. The number of benzene rings is 1. The largest absolute Gasteiger partial charge is 0.310 e. The van der Waals surface area contributed by atoms with Crippen LogP contribution in [0.2, 0.25) is 10.0 Å². The third kappa shape index (κ3) is 2.22. The van der Waals surface area contributed by atoms with E-state index >= 15 is 0 Å². The number of halogens is 2. The zero-order chi connectivity index (χ0) is 10.1. The van der Waals surface area contributed by atoms with Gasteiger partial charge in [0.05, 0.1) is 10.0 Å². The first-order chi connectivity index (χ1) is 6.68. The highest BCUT2D eigenvalue weighted by molar-refractivity contribution is 6.42. The summed E-state index contributed by atoms with van der Waals surface area (Å²) in [6.07, 6.45) is 1.28. The lowest BCUT2D eigenvalue weighted by atomic mass is 10.2. The first-order valence-corrected chi connectivity index (χ1v) is 5.60. The first kappa shape index (κ1) is 10.3. The zero-order valence-corrected chi connectivity index (χ0v) is 9.57. The Morgan fingerprint density at radius 1 is 1.43 bits per heavy atom. The number of nitrogens with one attached hydrogen (secondary N) is 1. The molecule has 0 bridgehead atoms. The molecule has 1 fully saturated rings. The molecule has 1 saturated carbocycles. The molecule has 0 saturated heterocycles. The summed E-state index contributed by atoms with van der Waals surface area (Å²) in [5.74, 6) is 0.813. The van der Waals surface area contributed by atoms with Crippen LogP contribution < -0.4 is 5.32 Å². The van der Waals surface area contributed by atoms with Gasteiger partial charge in [-0.25, -0.2) is 0 Å². The lowest BCUT2D eigenvalue weighted by Crippen LogP contribution is -2.17. The van der Waals surface area contributed by atoms with Crippen molar-refractivity contribution in [2.24, 2.45) is 5.92 Å². The standard InChI is InChI=1S/C11H13Cl2N/c1-7-5-10(7)14-6-8-3-2-4-9(12)11(8)13/h2-4,7,10,14H,5-6H2,1H3. The molecule has 1 aliphatic carbocycles. The summed E-state index contributed by atoms with van der Waals surface area (Å²) in [6, 6.07) is 6.42. The normalized spacial score (nSPS) is 25.1. The molecule has 0 spiro atoms. The second-order valence-corrected chi connectivity index (χ2v) is 4.70. The van der Waals surface area contributed by atoms with Gasteiger partial charge in [-0.05, 0) is 24.0 Å². The molecule has 76 valence electrons. The molecule has 1 aliphatic rings. The van der Waals surface area contributed by atoms with Gasteiger partial charge in [-0.2, -0.15) is 0 Å². The Labute approximate surface area is 94.4 Å². The second kappa shape index (κ2) is 4.09. The highest BCUT2D eigenvalue weighted by Crippen LogP contribution is 2.30. The second-order valence-electron chi connectivity index (χ2n) is 3.91. The number of hydrogen-bond donors (Lipinski definition) is 1. The van der Waals surface area contributed by atoms with Crippen LogP contribution in [0.4, 0.5) is 0 Å². The molecule has 2 unspecified atom stereocenters. The van der Waals surface area contributed by atoms with E-state index in [9.17, 15) is 0 Å². The van der Waals surface area contributed by atoms with Crippen LogP contribution in [0.3, 0.4) is 0 Å². The van der Waals surface area contributed by atoms with E-state index < -0.39 is 0 Å². The summed E-state index contributed by atoms with van der Waals surface area (Å²) in [5.41, 5.74) is 1.08. The van der Waals surface area contributed by atoms with Crippen molar-refractivity contribution < 1.29 is 0 Å². The molecule has 2 atom stereocenters. The smallest absolute Gasteiger partial charge is 0.0637 e. The van der Waals surface area contributed by atoms with Gasteiger partial charge in [-0.3, -0.25) is 0 Å². The van der Waals surface area contributed by atoms with E-state index in [0.717, 1.165) is 18.0 Å². The molecule has 0 aromatic heterocycles. The van der Waals surface area contributed by atoms with Gasteiger partial charge in [0.1, 0.15) is 0 Å². The SMILES string of the molecule is CC1CC1NCc1cccc(Cl)c1Cl. The van der Waals surface area contributed by atoms with E-state index in [0.29, 0.717) is 16.1 Å². The molecular formula is C11H13Cl2N. The van der Waals surface area contributed by atoms with E-state index in [1.807, 2.05) is 18.2 Å². The van der Waals surface area contributed by atoms with Crippen LogP contribution in [0.1, 0.15) is 18.9 Å². The lowest BCUT2D eigenvalue weighted by Gasteiger charge is -2.06. The predicted octanol–water partition coefficient (Wildman–Crippen LogP) is 3.49. The Balaban J connectivity index is 1.98. The minimum Gasteiger partial charge on any atom is -0.310 e. The minimum atomic E-state index is 0.634. The maximum absolute atomic E-state index is 6.06. The minimum absolute atomic E-state index is 0.634. The van der Waals surface area contributed by atoms with Gasteiger partial charge in [0.25, 0.3) is 0 Å². The van der Waals surface area contributed by atoms with Gasteiger partial charge in [0, 0.05) is 12.6 Å². The van der Waals surface area contributed by atoms with Crippen LogP contribution in [0.25, 0.3) is 0 Å². The molecule has 0 amide bonds. The van der Waals surface area contributed by atoms with E-state index in [1.165, 1.54) is 6.42 Å². The van der Waals surface area contributed by atoms with Gasteiger partial charge in [0.15, 0.2) is 0 Å². The Bertz CT molecular complexity index is 338. The Hall–Kier alpha value is -0.240. The van der Waals surface area contributed by atoms with Crippen LogP contribution in [-0.2, 0) is 6.54 Å². The lowest BCUT2D eigenvalue weighted by molar-refractivity contribution is 0.653. The van der Waals surface area contributed by atoms with Crippen LogP contribution in [0, 0.1) is 5.92 Å². The summed E-state index contributed by atoms with van der Waals surface area (Å²) >= 11 is 12.0. The van der Waals surface area contributed by atoms with Crippen molar-refractivity contribution in [1.29, 1.82) is 0 Å². The zero-order valence-electron chi connectivity index (χ0n) is 8.06. The van der Waals surface area contributed by atoms with Crippen molar-refractivity contribution in [2.75, 3.05) is 0 Å². The molecule has 1 aromatic carbocycles. The maximum atomic E-state index is 6.06. The van der Waals surface area contributed by atoms with Crippen molar-refractivity contribution in [3.63, 3.8) is 0 Å². The van der Waals surface area contributed by atoms with Gasteiger partial charge < -0.3 is 5.32 Å². The molecule has 2 rings (SSSR count). The fourth-order valence-electron chi connectivity index (χ4n) is 1.53. The van der Waals surface area contributed by atoms with Crippen molar-refractivity contribution in [3.8, 4) is 0 Å². The molecule has 1 N–H and O–H groups in total. The van der Waals surface area contributed by atoms with E-state index in [4.69, 9.17) is 23.2 Å². The Morgan fingerprint density at radius 2 is 2.14 bits per heavy atom. The average Bonchev–Trinajstić information content (AvgIpc) is 2.85. The molecule has 14 heavy (non-hydrogen) atoms. The van der Waals surface area contributed by atoms with Crippen molar-refractivity contribution in [3.05, 3.63) is 33.8 Å². The topological polar surface area (TPSA) is 12.0 Å². The monoisotopic (exact) mass is 229 g/mol. The summed E-state index contributed by atoms with van der Waals surface area (Å²) in [4.78, 5) is 0. The van der Waals surface area contributed by atoms with E-state index in [1.54, 1.807) is 0 Å². The van der Waals surface area contributed by atoms with Crippen LogP contribution >= 0.6 is 23.2 Å². The van der Waals surface area contributed by atoms with Gasteiger partial charge in [-0.15, -0.1) is 0 Å². The van der Waals surface area contributed by atoms with Crippen LogP contribution in [0.15, 0.2) is 18.2 Å². The molecular weight excluding hydrogens is 217 g/mol. The Kier molecular flexibility index (Phi) is 3.01. The van der Waals surface area contributed by atoms with Crippen LogP contribution in [-0.4, -0.2) is 6.04 Å². The number of hydrogen-bond acceptors (Lipinski definition) is 1. The predicted molar refractivity (Wildman–Crippen MR) is 60.9 cm³/mol. The van der Waals surface area contributed by atoms with Crippen LogP contribution in [0.5, 0.6) is 0 Å². The van der Waals surface area contributed by atoms with Gasteiger partial charge in [0.2, 0.25) is 0 Å². The van der Waals surface area contributed by atoms with Crippen molar-refractivity contribution in [2.45, 2.75) is 25.9 Å². The highest BCUT2D eigenvalue weighted by atomic mass is 35.5. The molecule has 0 heterocycles. The van der Waals surface area contributed by atoms with E-state index in [2.05, 4.69) is 12.2 Å². The highest BCUT2D eigenvalue weighted by Gasteiger charge is 2.31. The van der Waals surface area contributed by atoms with Gasteiger partial charge in [-0.1, -0.05) is 42.3 Å². The summed E-state index contributed by atoms with van der Waals surface area (Å²) in [6.45, 7) is 3.06. The Morgan fingerprint density at radius 3 is 2.79 bits per heavy atom. The maximum Gasteiger partial charge on any atom is 0.0637 e. The summed E-state index contributed by atoms with van der Waals surface area (Å²) < 4.78 is 0. The summed E-state index contributed by atoms with van der Waals surface area (Å²) in [5, 5.41) is 4.76. The fourth-order valence-corrected chi connectivity index (χ4v) is 1.92. The summed E-state index contributed by atoms with van der Waals surface area (Å²) in [7, 11) is 0. The number of rotatable bonds is 3. The third-order valence-electron chi connectivity index (χ3n) is 2.70. The fraction of sp³-hybridized carbons (Fsp3) is 0.455. The quantitative estimate of drug-likeness (QED) is 0.837. The molecule has 0 radical (unpaired) electrons. The van der Waals surface area contributed by atoms with Crippen molar-refractivity contribution >= 4 is 23.2 Å². The third-order valence-corrected chi connectivity index (χ3v) is 3.55. The van der Waals surface area contributed by atoms with Gasteiger partial charge >= 0.3 is 0 Å². The van der Waals surface area contributed by atoms with E-state index in [-0.39, 0.29) is 0 Å². The molecule has 1 aromatic rings.